The Labute approximate surface area is 99.5 Å². The molecule has 17 heavy (non-hydrogen) atoms. The molecular weight excluding hydrogens is 222 g/mol. The third-order valence-electron chi connectivity index (χ3n) is 2.74. The summed E-state index contributed by atoms with van der Waals surface area (Å²) >= 11 is 0. The van der Waals surface area contributed by atoms with Crippen LogP contribution in [0.3, 0.4) is 0 Å². The van der Waals surface area contributed by atoms with E-state index in [9.17, 15) is 15.0 Å². The van der Waals surface area contributed by atoms with Crippen LogP contribution in [0.25, 0.3) is 0 Å². The summed E-state index contributed by atoms with van der Waals surface area (Å²) in [7, 11) is 0. The van der Waals surface area contributed by atoms with Crippen molar-refractivity contribution in [2.24, 2.45) is 5.73 Å². The Balaban J connectivity index is 3.05. The number of nitrogens with one attached hydrogen (secondary N) is 1. The van der Waals surface area contributed by atoms with Gasteiger partial charge in [0, 0.05) is 6.20 Å². The number of hydrogen-bond donors (Lipinski definition) is 4. The Morgan fingerprint density at radius 1 is 1.53 bits per heavy atom. The number of nitrogens with zero attached hydrogens (tertiary/aromatic N) is 1. The number of aromatic nitrogens is 1. The fourth-order valence-corrected chi connectivity index (χ4v) is 1.40. The Morgan fingerprint density at radius 2 is 2.18 bits per heavy atom. The van der Waals surface area contributed by atoms with Crippen LogP contribution in [0.15, 0.2) is 18.3 Å². The van der Waals surface area contributed by atoms with Crippen LogP contribution in [0.2, 0.25) is 0 Å². The van der Waals surface area contributed by atoms with Gasteiger partial charge in [-0.1, -0.05) is 6.92 Å². The summed E-state index contributed by atoms with van der Waals surface area (Å²) < 4.78 is 0. The van der Waals surface area contributed by atoms with E-state index in [4.69, 9.17) is 5.73 Å². The maximum Gasteiger partial charge on any atom is 0.252 e. The van der Waals surface area contributed by atoms with Crippen LogP contribution in [0.4, 0.5) is 5.82 Å². The number of nitrogens with two attached hydrogens (primary N) is 1. The first kappa shape index (κ1) is 13.4. The monoisotopic (exact) mass is 239 g/mol. The van der Waals surface area contributed by atoms with E-state index in [1.807, 2.05) is 6.92 Å². The number of aliphatic hydroxyl groups excluding tert-OH is 2. The lowest BCUT2D eigenvalue weighted by Crippen LogP contribution is -2.46. The molecule has 1 aromatic rings. The van der Waals surface area contributed by atoms with Crippen molar-refractivity contribution in [2.75, 3.05) is 18.5 Å². The fraction of sp³-hybridized carbons (Fsp3) is 0.455. The van der Waals surface area contributed by atoms with Gasteiger partial charge in [-0.25, -0.2) is 4.98 Å². The molecule has 1 aromatic heterocycles. The van der Waals surface area contributed by atoms with Gasteiger partial charge < -0.3 is 21.3 Å². The SMILES string of the molecule is CCC(CO)(CO)Nc1ncccc1C(N)=O. The maximum absolute atomic E-state index is 11.2. The average molecular weight is 239 g/mol. The predicted octanol–water partition coefficient (Wildman–Crippen LogP) is -0.274. The minimum Gasteiger partial charge on any atom is -0.394 e. The molecule has 0 saturated heterocycles. The summed E-state index contributed by atoms with van der Waals surface area (Å²) in [6.07, 6.45) is 1.98. The van der Waals surface area contributed by atoms with E-state index >= 15 is 0 Å². The number of pyridine rings is 1. The highest BCUT2D eigenvalue weighted by molar-refractivity contribution is 5.97. The third-order valence-corrected chi connectivity index (χ3v) is 2.74. The molecule has 1 rings (SSSR count). The van der Waals surface area contributed by atoms with Crippen LogP contribution in [0.1, 0.15) is 23.7 Å². The molecule has 0 saturated carbocycles. The van der Waals surface area contributed by atoms with E-state index in [-0.39, 0.29) is 24.6 Å². The van der Waals surface area contributed by atoms with E-state index in [1.54, 1.807) is 6.07 Å². The largest absolute Gasteiger partial charge is 0.394 e. The molecule has 0 radical (unpaired) electrons. The molecule has 0 atom stereocenters. The molecule has 1 amide bonds. The lowest BCUT2D eigenvalue weighted by Gasteiger charge is -2.30. The molecule has 1 heterocycles. The first-order valence-electron chi connectivity index (χ1n) is 5.33. The van der Waals surface area contributed by atoms with Crippen LogP contribution < -0.4 is 11.1 Å². The number of anilines is 1. The van der Waals surface area contributed by atoms with Gasteiger partial charge in [0.25, 0.3) is 5.91 Å². The zero-order valence-corrected chi connectivity index (χ0v) is 9.68. The molecule has 0 unspecified atom stereocenters. The van der Waals surface area contributed by atoms with Crippen LogP contribution in [-0.2, 0) is 0 Å². The number of hydrogen-bond acceptors (Lipinski definition) is 5. The predicted molar refractivity (Wildman–Crippen MR) is 63.6 cm³/mol. The first-order valence-corrected chi connectivity index (χ1v) is 5.33. The zero-order chi connectivity index (χ0) is 12.9. The quantitative estimate of drug-likeness (QED) is 0.546. The Hall–Kier alpha value is -1.66. The molecule has 6 nitrogen and oxygen atoms in total. The van der Waals surface area contributed by atoms with Crippen molar-refractivity contribution < 1.29 is 15.0 Å². The van der Waals surface area contributed by atoms with Gasteiger partial charge in [-0.15, -0.1) is 0 Å². The molecular formula is C11H17N3O3. The van der Waals surface area contributed by atoms with Crippen LogP contribution >= 0.6 is 0 Å². The van der Waals surface area contributed by atoms with Crippen molar-refractivity contribution in [2.45, 2.75) is 18.9 Å². The summed E-state index contributed by atoms with van der Waals surface area (Å²) in [5.74, 6) is -0.341. The minimum absolute atomic E-state index is 0.229. The van der Waals surface area contributed by atoms with E-state index in [2.05, 4.69) is 10.3 Å². The van der Waals surface area contributed by atoms with Gasteiger partial charge in [-0.2, -0.15) is 0 Å². The van der Waals surface area contributed by atoms with Gasteiger partial charge in [0.05, 0.1) is 24.3 Å². The summed E-state index contributed by atoms with van der Waals surface area (Å²) in [5, 5.41) is 21.5. The van der Waals surface area contributed by atoms with E-state index in [1.165, 1.54) is 12.3 Å². The summed E-state index contributed by atoms with van der Waals surface area (Å²) in [6, 6.07) is 3.13. The van der Waals surface area contributed by atoms with Gasteiger partial charge >= 0.3 is 0 Å². The van der Waals surface area contributed by atoms with Crippen LogP contribution in [0.5, 0.6) is 0 Å². The second-order valence-corrected chi connectivity index (χ2v) is 3.84. The molecule has 0 bridgehead atoms. The average Bonchev–Trinajstić information content (AvgIpc) is 2.36. The number of aliphatic hydroxyl groups is 2. The minimum atomic E-state index is -0.904. The lowest BCUT2D eigenvalue weighted by atomic mass is 9.98. The number of carbonyl (C=O) groups is 1. The number of amides is 1. The smallest absolute Gasteiger partial charge is 0.252 e. The molecule has 6 heteroatoms. The molecule has 0 aliphatic heterocycles. The van der Waals surface area contributed by atoms with Crippen molar-refractivity contribution in [3.8, 4) is 0 Å². The molecule has 0 spiro atoms. The highest BCUT2D eigenvalue weighted by Gasteiger charge is 2.28. The highest BCUT2D eigenvalue weighted by Crippen LogP contribution is 2.19. The Morgan fingerprint density at radius 3 is 2.65 bits per heavy atom. The summed E-state index contributed by atoms with van der Waals surface area (Å²) in [4.78, 5) is 15.2. The molecule has 94 valence electrons. The number of carbonyl (C=O) groups excluding carboxylic acids is 1. The second-order valence-electron chi connectivity index (χ2n) is 3.84. The standard InChI is InChI=1S/C11H17N3O3/c1-2-11(6-15,7-16)14-10-8(9(12)17)4-3-5-13-10/h3-5,15-16H,2,6-7H2,1H3,(H2,12,17)(H,13,14). The maximum atomic E-state index is 11.2. The van der Waals surface area contributed by atoms with Crippen molar-refractivity contribution in [1.82, 2.24) is 4.98 Å². The Kier molecular flexibility index (Phi) is 4.42. The van der Waals surface area contributed by atoms with Gasteiger partial charge in [-0.05, 0) is 18.6 Å². The van der Waals surface area contributed by atoms with Crippen molar-refractivity contribution in [1.29, 1.82) is 0 Å². The van der Waals surface area contributed by atoms with Gasteiger partial charge in [0.15, 0.2) is 0 Å². The van der Waals surface area contributed by atoms with Crippen LogP contribution in [-0.4, -0.2) is 39.9 Å². The molecule has 5 N–H and O–H groups in total. The molecule has 0 aromatic carbocycles. The molecule has 0 aliphatic carbocycles. The first-order chi connectivity index (χ1) is 8.08. The lowest BCUT2D eigenvalue weighted by molar-refractivity contribution is 0.0999. The second kappa shape index (κ2) is 5.60. The summed E-state index contributed by atoms with van der Waals surface area (Å²) in [5.41, 5.74) is 4.54. The fourth-order valence-electron chi connectivity index (χ4n) is 1.40. The third kappa shape index (κ3) is 2.92. The van der Waals surface area contributed by atoms with E-state index in [0.29, 0.717) is 6.42 Å². The molecule has 0 aliphatic rings. The van der Waals surface area contributed by atoms with Crippen molar-refractivity contribution in [3.63, 3.8) is 0 Å². The van der Waals surface area contributed by atoms with Crippen molar-refractivity contribution >= 4 is 11.7 Å². The number of rotatable bonds is 6. The van der Waals surface area contributed by atoms with Gasteiger partial charge in [-0.3, -0.25) is 4.79 Å². The zero-order valence-electron chi connectivity index (χ0n) is 9.68. The number of primary amides is 1. The normalized spacial score (nSPS) is 11.2. The molecule has 0 fully saturated rings. The van der Waals surface area contributed by atoms with E-state index < -0.39 is 11.4 Å². The topological polar surface area (TPSA) is 108 Å². The summed E-state index contributed by atoms with van der Waals surface area (Å²) in [6.45, 7) is 1.27. The van der Waals surface area contributed by atoms with Crippen molar-refractivity contribution in [3.05, 3.63) is 23.9 Å². The van der Waals surface area contributed by atoms with E-state index in [0.717, 1.165) is 0 Å². The van der Waals surface area contributed by atoms with Crippen LogP contribution in [0, 0.1) is 0 Å². The highest BCUT2D eigenvalue weighted by atomic mass is 16.3. The van der Waals surface area contributed by atoms with Gasteiger partial charge in [0.2, 0.25) is 0 Å². The van der Waals surface area contributed by atoms with Gasteiger partial charge in [0.1, 0.15) is 5.82 Å². The Bertz CT molecular complexity index is 383.